The van der Waals surface area contributed by atoms with Crippen LogP contribution in [0, 0.1) is 6.92 Å². The Balaban J connectivity index is 1.31. The van der Waals surface area contributed by atoms with Gasteiger partial charge in [-0.3, -0.25) is 14.6 Å². The third kappa shape index (κ3) is 8.86. The zero-order chi connectivity index (χ0) is 39.5. The molecule has 56 heavy (non-hydrogen) atoms. The number of hydrogen-bond donors (Lipinski definition) is 0. The molecule has 9 heteroatoms. The first-order chi connectivity index (χ1) is 26.9. The molecule has 2 fully saturated rings. The molecule has 296 valence electrons. The van der Waals surface area contributed by atoms with Crippen LogP contribution < -0.4 is 18.6 Å². The maximum Gasteiger partial charge on any atom is 0.250 e. The van der Waals surface area contributed by atoms with E-state index in [2.05, 4.69) is 87.0 Å². The third-order valence-corrected chi connectivity index (χ3v) is 17.4. The van der Waals surface area contributed by atoms with Crippen LogP contribution in [0.2, 0.25) is 18.1 Å². The Kier molecular flexibility index (Phi) is 12.3. The molecular formula is C47H58N2O5SSi. The van der Waals surface area contributed by atoms with Gasteiger partial charge < -0.3 is 18.6 Å². The van der Waals surface area contributed by atoms with Crippen LogP contribution in [0.1, 0.15) is 79.1 Å². The Labute approximate surface area is 338 Å². The molecule has 7 nitrogen and oxygen atoms in total. The maximum atomic E-state index is 15.0. The van der Waals surface area contributed by atoms with E-state index in [0.29, 0.717) is 24.3 Å². The zero-order valence-corrected chi connectivity index (χ0v) is 36.2. The average Bonchev–Trinajstić information content (AvgIpc) is 3.97. The van der Waals surface area contributed by atoms with Crippen molar-refractivity contribution in [3.8, 4) is 33.4 Å². The summed E-state index contributed by atoms with van der Waals surface area (Å²) in [4.78, 5) is 20.8. The molecule has 0 amide bonds. The standard InChI is InChI=1S/C47H58N2O5SSi/c1-33-38(21-22-40(52-28-27-48-23-11-12-24-48)45(33)54-56(6,7)47(2,3)4)46-43(39-20-19-37(30-42(39)55-46)53-32-34-15-9-8-10-16-34)44(50)35-17-18-36(41(29-35)51-5)31-49-25-13-14-26-49/h8-10,15-22,29-30H,11-14,23-28,31-32H2,1-7H3. The molecule has 0 bridgehead atoms. The van der Waals surface area contributed by atoms with Gasteiger partial charge in [-0.2, -0.15) is 0 Å². The molecule has 1 aromatic heterocycles. The maximum absolute atomic E-state index is 15.0. The second kappa shape index (κ2) is 17.1. The van der Waals surface area contributed by atoms with Crippen molar-refractivity contribution in [2.45, 2.75) is 84.7 Å². The van der Waals surface area contributed by atoms with E-state index in [4.69, 9.17) is 18.6 Å². The van der Waals surface area contributed by atoms with E-state index in [1.54, 1.807) is 18.4 Å². The number of carbonyl (C=O) groups excluding carboxylic acids is 1. The average molecular weight is 791 g/mol. The SMILES string of the molecule is COc1cc(C(=O)c2c(-c3ccc(OCCN4CCCC4)c(O[Si](C)(C)C(C)(C)C)c3C)sc3cc(OCc4ccccc4)ccc23)ccc1CN1CCCC1. The lowest BCUT2D eigenvalue weighted by molar-refractivity contribution is 0.104. The van der Waals surface area contributed by atoms with Gasteiger partial charge in [-0.15, -0.1) is 11.3 Å². The van der Waals surface area contributed by atoms with Crippen molar-refractivity contribution in [3.05, 3.63) is 107 Å². The lowest BCUT2D eigenvalue weighted by Gasteiger charge is -2.37. The highest BCUT2D eigenvalue weighted by molar-refractivity contribution is 7.22. The fourth-order valence-corrected chi connectivity index (χ4v) is 9.90. The van der Waals surface area contributed by atoms with Crippen LogP contribution >= 0.6 is 11.3 Å². The summed E-state index contributed by atoms with van der Waals surface area (Å²) in [6.07, 6.45) is 4.94. The number of likely N-dealkylation sites (tertiary alicyclic amines) is 2. The fraction of sp³-hybridized carbons (Fsp3) is 0.426. The van der Waals surface area contributed by atoms with Crippen LogP contribution in [0.3, 0.4) is 0 Å². The van der Waals surface area contributed by atoms with E-state index in [9.17, 15) is 4.79 Å². The number of hydrogen-bond acceptors (Lipinski definition) is 8. The molecule has 0 atom stereocenters. The van der Waals surface area contributed by atoms with Gasteiger partial charge in [0.25, 0.3) is 8.32 Å². The quantitative estimate of drug-likeness (QED) is 0.0773. The van der Waals surface area contributed by atoms with Gasteiger partial charge in [-0.25, -0.2) is 0 Å². The van der Waals surface area contributed by atoms with E-state index in [1.165, 1.54) is 25.7 Å². The van der Waals surface area contributed by atoms with Gasteiger partial charge in [-0.1, -0.05) is 63.2 Å². The fourth-order valence-electron chi connectivity index (χ4n) is 7.52. The highest BCUT2D eigenvalue weighted by atomic mass is 32.1. The summed E-state index contributed by atoms with van der Waals surface area (Å²) in [6.45, 7) is 20.7. The van der Waals surface area contributed by atoms with Gasteiger partial charge in [0.1, 0.15) is 30.5 Å². The summed E-state index contributed by atoms with van der Waals surface area (Å²) >= 11 is 1.63. The lowest BCUT2D eigenvalue weighted by Crippen LogP contribution is -2.44. The predicted octanol–water partition coefficient (Wildman–Crippen LogP) is 11.1. The number of ketones is 1. The molecule has 4 aromatic carbocycles. The van der Waals surface area contributed by atoms with Gasteiger partial charge in [0.2, 0.25) is 0 Å². The van der Waals surface area contributed by atoms with Gasteiger partial charge in [0.15, 0.2) is 11.5 Å². The lowest BCUT2D eigenvalue weighted by atomic mass is 9.94. The minimum atomic E-state index is -2.28. The van der Waals surface area contributed by atoms with E-state index in [0.717, 1.165) is 99.5 Å². The topological polar surface area (TPSA) is 60.5 Å². The summed E-state index contributed by atoms with van der Waals surface area (Å²) in [5.74, 6) is 3.02. The van der Waals surface area contributed by atoms with Crippen LogP contribution in [0.4, 0.5) is 0 Å². The van der Waals surface area contributed by atoms with Crippen LogP contribution in [-0.4, -0.2) is 70.3 Å². The predicted molar refractivity (Wildman–Crippen MR) is 233 cm³/mol. The molecule has 0 aliphatic carbocycles. The number of nitrogens with zero attached hydrogens (tertiary/aromatic N) is 2. The van der Waals surface area contributed by atoms with Crippen LogP contribution in [0.5, 0.6) is 23.0 Å². The molecule has 2 aliphatic heterocycles. The van der Waals surface area contributed by atoms with Gasteiger partial charge >= 0.3 is 0 Å². The normalized spacial score (nSPS) is 15.4. The Bertz CT molecular complexity index is 2150. The van der Waals surface area contributed by atoms with E-state index in [-0.39, 0.29) is 10.8 Å². The highest BCUT2D eigenvalue weighted by Gasteiger charge is 2.40. The first-order valence-electron chi connectivity index (χ1n) is 20.3. The van der Waals surface area contributed by atoms with Crippen LogP contribution in [-0.2, 0) is 13.2 Å². The van der Waals surface area contributed by atoms with Crippen LogP contribution in [0.15, 0.2) is 78.9 Å². The second-order valence-corrected chi connectivity index (χ2v) is 22.7. The molecule has 5 aromatic rings. The number of carbonyl (C=O) groups is 1. The number of methoxy groups -OCH3 is 1. The molecule has 0 saturated carbocycles. The molecule has 0 radical (unpaired) electrons. The van der Waals surface area contributed by atoms with Crippen molar-refractivity contribution >= 4 is 35.5 Å². The largest absolute Gasteiger partial charge is 0.541 e. The van der Waals surface area contributed by atoms with E-state index >= 15 is 0 Å². The molecule has 2 aliphatic rings. The second-order valence-electron chi connectivity index (χ2n) is 16.9. The molecule has 3 heterocycles. The monoisotopic (exact) mass is 790 g/mol. The smallest absolute Gasteiger partial charge is 0.250 e. The Hall–Kier alpha value is -4.15. The van der Waals surface area contributed by atoms with Crippen molar-refractivity contribution in [2.75, 3.05) is 46.4 Å². The zero-order valence-electron chi connectivity index (χ0n) is 34.3. The number of rotatable bonds is 15. The molecule has 2 saturated heterocycles. The van der Waals surface area contributed by atoms with Crippen molar-refractivity contribution in [2.24, 2.45) is 0 Å². The summed E-state index contributed by atoms with van der Waals surface area (Å²) in [7, 11) is -0.583. The summed E-state index contributed by atoms with van der Waals surface area (Å²) in [5.41, 5.74) is 5.44. The summed E-state index contributed by atoms with van der Waals surface area (Å²) in [6, 6.07) is 26.4. The number of benzene rings is 4. The number of fused-ring (bicyclic) bond motifs is 1. The molecular weight excluding hydrogens is 733 g/mol. The summed E-state index contributed by atoms with van der Waals surface area (Å²) in [5, 5.41) is 0.885. The van der Waals surface area contributed by atoms with Crippen LogP contribution in [0.25, 0.3) is 20.5 Å². The first kappa shape index (κ1) is 40.1. The number of ether oxygens (including phenoxy) is 3. The Morgan fingerprint density at radius 3 is 2.23 bits per heavy atom. The van der Waals surface area contributed by atoms with E-state index < -0.39 is 8.32 Å². The van der Waals surface area contributed by atoms with Crippen molar-refractivity contribution < 1.29 is 23.4 Å². The third-order valence-electron chi connectivity index (χ3n) is 11.9. The van der Waals surface area contributed by atoms with Gasteiger partial charge in [0, 0.05) is 50.3 Å². The molecule has 7 rings (SSSR count). The molecule has 0 spiro atoms. The Morgan fingerprint density at radius 2 is 1.54 bits per heavy atom. The van der Waals surface area contributed by atoms with E-state index in [1.807, 2.05) is 42.5 Å². The van der Waals surface area contributed by atoms with Crippen molar-refractivity contribution in [1.82, 2.24) is 9.80 Å². The minimum Gasteiger partial charge on any atom is -0.541 e. The van der Waals surface area contributed by atoms with Crippen molar-refractivity contribution in [1.29, 1.82) is 0 Å². The first-order valence-corrected chi connectivity index (χ1v) is 24.0. The van der Waals surface area contributed by atoms with Crippen molar-refractivity contribution in [3.63, 3.8) is 0 Å². The van der Waals surface area contributed by atoms with Gasteiger partial charge in [0.05, 0.1) is 7.11 Å². The summed E-state index contributed by atoms with van der Waals surface area (Å²) < 4.78 is 26.9. The number of thiophene rings is 1. The minimum absolute atomic E-state index is 0.0167. The molecule has 0 N–H and O–H groups in total. The molecule has 0 unspecified atom stereocenters. The van der Waals surface area contributed by atoms with Gasteiger partial charge in [-0.05, 0) is 124 Å². The highest BCUT2D eigenvalue weighted by Crippen LogP contribution is 2.48. The Morgan fingerprint density at radius 1 is 0.821 bits per heavy atom.